The molecule has 2 saturated carbocycles. The molecule has 0 unspecified atom stereocenters. The summed E-state index contributed by atoms with van der Waals surface area (Å²) in [5, 5.41) is 0.806. The minimum atomic E-state index is 0.252. The van der Waals surface area contributed by atoms with Crippen molar-refractivity contribution in [2.75, 3.05) is 26.7 Å². The zero-order chi connectivity index (χ0) is 18.8. The van der Waals surface area contributed by atoms with Crippen molar-refractivity contribution in [1.82, 2.24) is 9.80 Å². The van der Waals surface area contributed by atoms with Gasteiger partial charge >= 0.3 is 0 Å². The maximum atomic E-state index is 12.1. The summed E-state index contributed by atoms with van der Waals surface area (Å²) >= 11 is 6.48. The van der Waals surface area contributed by atoms with Gasteiger partial charge in [0.25, 0.3) is 0 Å². The van der Waals surface area contributed by atoms with E-state index in [1.165, 1.54) is 44.3 Å². The zero-order valence-corrected chi connectivity index (χ0v) is 17.1. The van der Waals surface area contributed by atoms with Gasteiger partial charge in [0.2, 0.25) is 5.91 Å². The molecule has 4 nitrogen and oxygen atoms in total. The number of hydrogen-bond acceptors (Lipinski definition) is 3. The maximum absolute atomic E-state index is 12.1. The minimum Gasteiger partial charge on any atom is -0.490 e. The van der Waals surface area contributed by atoms with E-state index in [0.717, 1.165) is 43.1 Å². The summed E-state index contributed by atoms with van der Waals surface area (Å²) in [6, 6.07) is 6.12. The fourth-order valence-electron chi connectivity index (χ4n) is 4.24. The lowest BCUT2D eigenvalue weighted by Crippen LogP contribution is -2.42. The van der Waals surface area contributed by atoms with Crippen LogP contribution in [0.5, 0.6) is 5.75 Å². The zero-order valence-electron chi connectivity index (χ0n) is 16.3. The van der Waals surface area contributed by atoms with Crippen LogP contribution in [0.3, 0.4) is 0 Å². The molecule has 1 aromatic carbocycles. The highest BCUT2D eigenvalue weighted by atomic mass is 35.5. The summed E-state index contributed by atoms with van der Waals surface area (Å²) in [6.07, 6.45) is 8.10. The summed E-state index contributed by atoms with van der Waals surface area (Å²) in [6.45, 7) is 4.15. The molecule has 1 saturated heterocycles. The number of carbonyl (C=O) groups excluding carboxylic acids is 1. The summed E-state index contributed by atoms with van der Waals surface area (Å²) in [5.74, 6) is 2.40. The van der Waals surface area contributed by atoms with Gasteiger partial charge in [0.05, 0.1) is 6.10 Å². The number of hydrogen-bond donors (Lipinski definition) is 0. The summed E-state index contributed by atoms with van der Waals surface area (Å²) < 4.78 is 6.10. The number of benzene rings is 1. The largest absolute Gasteiger partial charge is 0.490 e. The molecule has 0 N–H and O–H groups in total. The van der Waals surface area contributed by atoms with E-state index in [1.54, 1.807) is 0 Å². The third-order valence-electron chi connectivity index (χ3n) is 6.23. The van der Waals surface area contributed by atoms with E-state index in [-0.39, 0.29) is 6.10 Å². The summed E-state index contributed by atoms with van der Waals surface area (Å²) in [4.78, 5) is 16.5. The SMILES string of the molecule is CN(CC1CC(Oc2ccc(CN3CCCC3)c(Cl)c2)C1)C(=O)CC1CC1. The van der Waals surface area contributed by atoms with Gasteiger partial charge in [0.15, 0.2) is 0 Å². The average Bonchev–Trinajstić information content (AvgIpc) is 3.27. The van der Waals surface area contributed by atoms with Crippen molar-refractivity contribution in [3.63, 3.8) is 0 Å². The van der Waals surface area contributed by atoms with Gasteiger partial charge in [-0.25, -0.2) is 0 Å². The molecule has 0 spiro atoms. The van der Waals surface area contributed by atoms with E-state index in [2.05, 4.69) is 17.0 Å². The molecule has 148 valence electrons. The van der Waals surface area contributed by atoms with E-state index in [0.29, 0.717) is 17.7 Å². The van der Waals surface area contributed by atoms with Crippen molar-refractivity contribution in [3.8, 4) is 5.75 Å². The Morgan fingerprint density at radius 1 is 1.22 bits per heavy atom. The number of ether oxygens (including phenoxy) is 1. The van der Waals surface area contributed by atoms with Gasteiger partial charge in [0.1, 0.15) is 5.75 Å². The van der Waals surface area contributed by atoms with Gasteiger partial charge in [-0.15, -0.1) is 0 Å². The molecule has 1 amide bonds. The molecule has 0 bridgehead atoms. The second kappa shape index (κ2) is 8.40. The number of rotatable bonds is 8. The van der Waals surface area contributed by atoms with E-state index < -0.39 is 0 Å². The van der Waals surface area contributed by atoms with Crippen molar-refractivity contribution in [2.45, 2.75) is 57.6 Å². The molecule has 27 heavy (non-hydrogen) atoms. The van der Waals surface area contributed by atoms with Crippen LogP contribution < -0.4 is 4.74 Å². The molecule has 2 aliphatic carbocycles. The Labute approximate surface area is 167 Å². The quantitative estimate of drug-likeness (QED) is 0.661. The molecule has 0 atom stereocenters. The third-order valence-corrected chi connectivity index (χ3v) is 6.58. The van der Waals surface area contributed by atoms with E-state index in [9.17, 15) is 4.79 Å². The van der Waals surface area contributed by atoms with Crippen LogP contribution in [-0.2, 0) is 11.3 Å². The molecule has 1 aliphatic heterocycles. The van der Waals surface area contributed by atoms with Crippen LogP contribution in [0.15, 0.2) is 18.2 Å². The van der Waals surface area contributed by atoms with Gasteiger partial charge in [-0.3, -0.25) is 9.69 Å². The first-order valence-electron chi connectivity index (χ1n) is 10.5. The Morgan fingerprint density at radius 2 is 1.96 bits per heavy atom. The van der Waals surface area contributed by atoms with Gasteiger partial charge in [0, 0.05) is 31.6 Å². The van der Waals surface area contributed by atoms with Gasteiger partial charge in [-0.05, 0) is 81.1 Å². The molecule has 0 radical (unpaired) electrons. The molecular formula is C22H31ClN2O2. The topological polar surface area (TPSA) is 32.8 Å². The number of halogens is 1. The molecule has 5 heteroatoms. The van der Waals surface area contributed by atoms with Crippen molar-refractivity contribution in [3.05, 3.63) is 28.8 Å². The minimum absolute atomic E-state index is 0.252. The lowest BCUT2D eigenvalue weighted by atomic mass is 9.82. The number of carbonyl (C=O) groups is 1. The fourth-order valence-corrected chi connectivity index (χ4v) is 4.47. The van der Waals surface area contributed by atoms with Crippen molar-refractivity contribution < 1.29 is 9.53 Å². The lowest BCUT2D eigenvalue weighted by molar-refractivity contribution is -0.131. The molecule has 3 fully saturated rings. The maximum Gasteiger partial charge on any atom is 0.222 e. The second-order valence-electron chi connectivity index (χ2n) is 8.74. The highest BCUT2D eigenvalue weighted by Gasteiger charge is 2.33. The lowest BCUT2D eigenvalue weighted by Gasteiger charge is -2.37. The van der Waals surface area contributed by atoms with Gasteiger partial charge in [-0.1, -0.05) is 17.7 Å². The van der Waals surface area contributed by atoms with Gasteiger partial charge < -0.3 is 9.64 Å². The Kier molecular flexibility index (Phi) is 5.93. The molecule has 1 heterocycles. The fraction of sp³-hybridized carbons (Fsp3) is 0.682. The van der Waals surface area contributed by atoms with E-state index in [4.69, 9.17) is 16.3 Å². The molecular weight excluding hydrogens is 360 g/mol. The predicted octanol–water partition coefficient (Wildman–Crippen LogP) is 4.35. The third kappa shape index (κ3) is 5.17. The average molecular weight is 391 g/mol. The van der Waals surface area contributed by atoms with E-state index in [1.807, 2.05) is 18.0 Å². The van der Waals surface area contributed by atoms with Crippen molar-refractivity contribution in [2.24, 2.45) is 11.8 Å². The molecule has 1 aromatic rings. The smallest absolute Gasteiger partial charge is 0.222 e. The van der Waals surface area contributed by atoms with Crippen LogP contribution in [-0.4, -0.2) is 48.5 Å². The van der Waals surface area contributed by atoms with Crippen LogP contribution in [0.2, 0.25) is 5.02 Å². The number of amides is 1. The van der Waals surface area contributed by atoms with Crippen molar-refractivity contribution in [1.29, 1.82) is 0 Å². The summed E-state index contributed by atoms with van der Waals surface area (Å²) in [7, 11) is 1.94. The molecule has 0 aromatic heterocycles. The normalized spacial score (nSPS) is 25.3. The Bertz CT molecular complexity index is 664. The Hall–Kier alpha value is -1.26. The standard InChI is InChI=1S/C22H31ClN2O2/c1-24(22(26)12-16-4-5-16)14-17-10-20(11-17)27-19-7-6-18(21(23)13-19)15-25-8-2-3-9-25/h6-7,13,16-17,20H,2-5,8-12,14-15H2,1H3. The van der Waals surface area contributed by atoms with Crippen LogP contribution in [0.1, 0.15) is 50.5 Å². The van der Waals surface area contributed by atoms with Crippen LogP contribution >= 0.6 is 11.6 Å². The van der Waals surface area contributed by atoms with Gasteiger partial charge in [-0.2, -0.15) is 0 Å². The van der Waals surface area contributed by atoms with Crippen LogP contribution in [0, 0.1) is 11.8 Å². The molecule has 4 rings (SSSR count). The Morgan fingerprint density at radius 3 is 2.63 bits per heavy atom. The highest BCUT2D eigenvalue weighted by Crippen LogP contribution is 2.35. The summed E-state index contributed by atoms with van der Waals surface area (Å²) in [5.41, 5.74) is 1.19. The predicted molar refractivity (Wildman–Crippen MR) is 108 cm³/mol. The first-order valence-corrected chi connectivity index (χ1v) is 10.9. The first-order chi connectivity index (χ1) is 13.1. The number of likely N-dealkylation sites (tertiary alicyclic amines) is 1. The highest BCUT2D eigenvalue weighted by molar-refractivity contribution is 6.31. The van der Waals surface area contributed by atoms with Crippen LogP contribution in [0.4, 0.5) is 0 Å². The van der Waals surface area contributed by atoms with Crippen LogP contribution in [0.25, 0.3) is 0 Å². The first kappa shape index (κ1) is 19.1. The monoisotopic (exact) mass is 390 g/mol. The van der Waals surface area contributed by atoms with Crippen molar-refractivity contribution >= 4 is 17.5 Å². The molecule has 3 aliphatic rings. The Balaban J connectivity index is 1.20. The van der Waals surface area contributed by atoms with E-state index >= 15 is 0 Å². The number of nitrogens with zero attached hydrogens (tertiary/aromatic N) is 2. The second-order valence-corrected chi connectivity index (χ2v) is 9.14.